The maximum atomic E-state index is 14.0. The van der Waals surface area contributed by atoms with Crippen molar-refractivity contribution in [2.45, 2.75) is 13.1 Å². The number of hydrogen-bond acceptors (Lipinski definition) is 2. The van der Waals surface area contributed by atoms with Crippen molar-refractivity contribution < 1.29 is 22.4 Å². The van der Waals surface area contributed by atoms with Crippen molar-refractivity contribution >= 4 is 29.0 Å². The van der Waals surface area contributed by atoms with Gasteiger partial charge >= 0.3 is 12.2 Å². The minimum atomic E-state index is -4.65. The van der Waals surface area contributed by atoms with Crippen LogP contribution in [0.3, 0.4) is 0 Å². The highest BCUT2D eigenvalue weighted by atomic mass is 35.5. The van der Waals surface area contributed by atoms with Gasteiger partial charge in [-0.1, -0.05) is 17.7 Å². The van der Waals surface area contributed by atoms with Crippen LogP contribution in [0, 0.1) is 12.7 Å². The topological polar surface area (TPSA) is 59.0 Å². The Balaban J connectivity index is 1.81. The fraction of sp³-hybridized carbons (Fsp3) is 0.158. The van der Waals surface area contributed by atoms with Crippen LogP contribution in [-0.2, 0) is 13.2 Å². The summed E-state index contributed by atoms with van der Waals surface area (Å²) in [5, 5.41) is 8.22. The third kappa shape index (κ3) is 4.51. The first-order valence-electron chi connectivity index (χ1n) is 8.29. The van der Waals surface area contributed by atoms with Crippen LogP contribution in [-0.4, -0.2) is 15.8 Å². The largest absolute Gasteiger partial charge is 0.417 e. The zero-order valence-electron chi connectivity index (χ0n) is 15.2. The summed E-state index contributed by atoms with van der Waals surface area (Å²) in [4.78, 5) is 12.2. The van der Waals surface area contributed by atoms with E-state index in [0.29, 0.717) is 11.3 Å². The molecule has 2 N–H and O–H groups in total. The minimum absolute atomic E-state index is 0.0794. The fourth-order valence-corrected chi connectivity index (χ4v) is 3.01. The highest BCUT2D eigenvalue weighted by molar-refractivity contribution is 6.31. The zero-order valence-corrected chi connectivity index (χ0v) is 16.0. The van der Waals surface area contributed by atoms with Crippen molar-refractivity contribution in [3.8, 4) is 11.3 Å². The molecule has 29 heavy (non-hydrogen) atoms. The first-order valence-corrected chi connectivity index (χ1v) is 8.67. The smallest absolute Gasteiger partial charge is 0.308 e. The summed E-state index contributed by atoms with van der Waals surface area (Å²) in [6.07, 6.45) is -3.56. The Morgan fingerprint density at radius 1 is 1.10 bits per heavy atom. The lowest BCUT2D eigenvalue weighted by Gasteiger charge is -2.13. The van der Waals surface area contributed by atoms with Crippen molar-refractivity contribution in [3.63, 3.8) is 0 Å². The van der Waals surface area contributed by atoms with Crippen molar-refractivity contribution in [1.82, 2.24) is 9.78 Å². The Bertz CT molecular complexity index is 1060. The second-order valence-corrected chi connectivity index (χ2v) is 6.67. The predicted molar refractivity (Wildman–Crippen MR) is 102 cm³/mol. The van der Waals surface area contributed by atoms with Gasteiger partial charge in [-0.05, 0) is 42.8 Å². The monoisotopic (exact) mass is 426 g/mol. The molecular weight excluding hydrogens is 412 g/mol. The first kappa shape index (κ1) is 20.7. The van der Waals surface area contributed by atoms with Gasteiger partial charge in [-0.3, -0.25) is 4.68 Å². The van der Waals surface area contributed by atoms with Crippen LogP contribution in [0.4, 0.5) is 33.7 Å². The Labute approximate surface area is 168 Å². The van der Waals surface area contributed by atoms with Crippen LogP contribution in [0.15, 0.2) is 42.6 Å². The maximum absolute atomic E-state index is 14.0. The number of rotatable bonds is 3. The Hall–Kier alpha value is -3.07. The van der Waals surface area contributed by atoms with Gasteiger partial charge in [0, 0.05) is 24.0 Å². The second-order valence-electron chi connectivity index (χ2n) is 6.27. The quantitative estimate of drug-likeness (QED) is 0.516. The number of nitrogens with zero attached hydrogens (tertiary/aromatic N) is 2. The van der Waals surface area contributed by atoms with Gasteiger partial charge < -0.3 is 10.6 Å². The lowest BCUT2D eigenvalue weighted by atomic mass is 10.0. The molecule has 0 aliphatic rings. The third-order valence-corrected chi connectivity index (χ3v) is 4.50. The molecule has 2 amide bonds. The molecule has 0 saturated carbocycles. The Morgan fingerprint density at radius 2 is 1.72 bits per heavy atom. The van der Waals surface area contributed by atoms with E-state index < -0.39 is 28.6 Å². The first-order chi connectivity index (χ1) is 13.6. The number of aromatic nitrogens is 2. The predicted octanol–water partition coefficient (Wildman–Crippen LogP) is 5.85. The van der Waals surface area contributed by atoms with Gasteiger partial charge in [-0.2, -0.15) is 18.3 Å². The molecule has 1 aromatic heterocycles. The number of aryl methyl sites for hydroxylation is 2. The SMILES string of the molecule is Cc1ccc(NC(=O)Nc2ccc(Cl)c(C(F)(F)F)c2)cc1-c1c(F)cnn1C. The molecule has 0 spiro atoms. The summed E-state index contributed by atoms with van der Waals surface area (Å²) in [5.74, 6) is -0.516. The number of carbonyl (C=O) groups excluding carboxylic acids is 1. The number of hydrogen-bond donors (Lipinski definition) is 2. The number of urea groups is 1. The lowest BCUT2D eigenvalue weighted by Crippen LogP contribution is -2.20. The van der Waals surface area contributed by atoms with Crippen molar-refractivity contribution in [2.24, 2.45) is 7.05 Å². The summed E-state index contributed by atoms with van der Waals surface area (Å²) in [7, 11) is 1.59. The van der Waals surface area contributed by atoms with Crippen molar-refractivity contribution in [1.29, 1.82) is 0 Å². The molecule has 5 nitrogen and oxygen atoms in total. The number of amides is 2. The van der Waals surface area contributed by atoms with E-state index in [1.54, 1.807) is 32.2 Å². The molecule has 0 unspecified atom stereocenters. The van der Waals surface area contributed by atoms with E-state index in [-0.39, 0.29) is 11.4 Å². The van der Waals surface area contributed by atoms with Crippen LogP contribution >= 0.6 is 11.6 Å². The number of benzene rings is 2. The van der Waals surface area contributed by atoms with Gasteiger partial charge in [0.2, 0.25) is 0 Å². The third-order valence-electron chi connectivity index (χ3n) is 4.17. The van der Waals surface area contributed by atoms with Crippen molar-refractivity contribution in [2.75, 3.05) is 10.6 Å². The molecule has 0 aliphatic heterocycles. The average molecular weight is 427 g/mol. The Kier molecular flexibility index (Phi) is 5.52. The second kappa shape index (κ2) is 7.75. The summed E-state index contributed by atoms with van der Waals surface area (Å²) < 4.78 is 54.2. The number of halogens is 5. The molecule has 0 saturated heterocycles. The molecule has 0 fully saturated rings. The highest BCUT2D eigenvalue weighted by Gasteiger charge is 2.33. The van der Waals surface area contributed by atoms with E-state index in [4.69, 9.17) is 11.6 Å². The summed E-state index contributed by atoms with van der Waals surface area (Å²) in [6, 6.07) is 7.11. The van der Waals surface area contributed by atoms with Crippen LogP contribution in [0.5, 0.6) is 0 Å². The van der Waals surface area contributed by atoms with Gasteiger partial charge in [-0.15, -0.1) is 0 Å². The Morgan fingerprint density at radius 3 is 2.31 bits per heavy atom. The molecule has 1 heterocycles. The van der Waals surface area contributed by atoms with Crippen molar-refractivity contribution in [3.05, 3.63) is 64.6 Å². The molecule has 10 heteroatoms. The van der Waals surface area contributed by atoms with E-state index >= 15 is 0 Å². The lowest BCUT2D eigenvalue weighted by molar-refractivity contribution is -0.137. The number of alkyl halides is 3. The van der Waals surface area contributed by atoms with E-state index in [9.17, 15) is 22.4 Å². The van der Waals surface area contributed by atoms with E-state index in [2.05, 4.69) is 15.7 Å². The van der Waals surface area contributed by atoms with E-state index in [1.165, 1.54) is 10.7 Å². The molecule has 0 radical (unpaired) electrons. The standard InChI is InChI=1S/C19H15ClF4N4O/c1-10-3-4-11(7-13(10)17-16(21)9-25-28(17)2)26-18(29)27-12-5-6-15(20)14(8-12)19(22,23)24/h3-9H,1-2H3,(H2,26,27,29). The van der Waals surface area contributed by atoms with Gasteiger partial charge in [0.1, 0.15) is 5.69 Å². The van der Waals surface area contributed by atoms with Crippen LogP contribution < -0.4 is 10.6 Å². The molecule has 3 aromatic rings. The summed E-state index contributed by atoms with van der Waals surface area (Å²) >= 11 is 5.57. The maximum Gasteiger partial charge on any atom is 0.417 e. The van der Waals surface area contributed by atoms with Crippen LogP contribution in [0.1, 0.15) is 11.1 Å². The zero-order chi connectivity index (χ0) is 21.3. The van der Waals surface area contributed by atoms with Crippen LogP contribution in [0.25, 0.3) is 11.3 Å². The average Bonchev–Trinajstić information content (AvgIpc) is 2.96. The van der Waals surface area contributed by atoms with E-state index in [0.717, 1.165) is 23.9 Å². The minimum Gasteiger partial charge on any atom is -0.308 e. The summed E-state index contributed by atoms with van der Waals surface area (Å²) in [5.41, 5.74) is 0.718. The number of anilines is 2. The molecule has 0 bridgehead atoms. The molecule has 2 aromatic carbocycles. The molecule has 0 aliphatic carbocycles. The van der Waals surface area contributed by atoms with E-state index in [1.807, 2.05) is 0 Å². The molecule has 152 valence electrons. The summed E-state index contributed by atoms with van der Waals surface area (Å²) in [6.45, 7) is 1.78. The highest BCUT2D eigenvalue weighted by Crippen LogP contribution is 2.36. The molecule has 3 rings (SSSR count). The molecular formula is C19H15ClF4N4O. The fourth-order valence-electron chi connectivity index (χ4n) is 2.78. The van der Waals surface area contributed by atoms with Gasteiger partial charge in [0.15, 0.2) is 5.82 Å². The van der Waals surface area contributed by atoms with Crippen LogP contribution in [0.2, 0.25) is 5.02 Å². The van der Waals surface area contributed by atoms with Gasteiger partial charge in [0.25, 0.3) is 0 Å². The number of carbonyl (C=O) groups is 1. The van der Waals surface area contributed by atoms with Gasteiger partial charge in [-0.25, -0.2) is 9.18 Å². The molecule has 0 atom stereocenters. The van der Waals surface area contributed by atoms with Gasteiger partial charge in [0.05, 0.1) is 16.8 Å². The normalized spacial score (nSPS) is 11.4. The number of nitrogens with one attached hydrogen (secondary N) is 2.